The van der Waals surface area contributed by atoms with Gasteiger partial charge in [0.05, 0.1) is 13.2 Å². The third-order valence-electron chi connectivity index (χ3n) is 10.5. The molecule has 0 aliphatic carbocycles. The molecule has 6 aromatic carbocycles. The zero-order valence-electron chi connectivity index (χ0n) is 34.5. The topological polar surface area (TPSA) is 196 Å². The van der Waals surface area contributed by atoms with Crippen LogP contribution in [0, 0.1) is 0 Å². The highest BCUT2D eigenvalue weighted by Crippen LogP contribution is 2.45. The summed E-state index contributed by atoms with van der Waals surface area (Å²) in [6.07, 6.45) is -0.0892. The van der Waals surface area contributed by atoms with Crippen LogP contribution in [0.25, 0.3) is 20.9 Å². The van der Waals surface area contributed by atoms with Crippen molar-refractivity contribution in [3.8, 4) is 17.2 Å². The summed E-state index contributed by atoms with van der Waals surface area (Å²) in [5, 5.41) is 20.2. The minimum absolute atomic E-state index is 0.00842. The minimum atomic E-state index is -1.64. The molecule has 1 aliphatic rings. The predicted octanol–water partition coefficient (Wildman–Crippen LogP) is 10.2. The molecule has 1 aliphatic heterocycles. The Kier molecular flexibility index (Phi) is 14.9. The van der Waals surface area contributed by atoms with Gasteiger partial charge in [0.2, 0.25) is 5.90 Å². The van der Waals surface area contributed by atoms with E-state index in [9.17, 15) is 16.2 Å². The molecule has 7 rings (SSSR count). The Morgan fingerprint density at radius 3 is 2.11 bits per heavy atom. The van der Waals surface area contributed by atoms with Crippen molar-refractivity contribution in [3.05, 3.63) is 211 Å². The standard InChI is InChI=1S/C49H46N8O6/c50-56-53-32-40-17-7-9-18-42(40)46-49(31-39-16-8-10-19-43(39)55-57-51,54-47(63-46)38-21-23-41(24-22-38)60-29-11-28-58)48(59)52-27-26-35-20-25-44(61-33-36-12-3-1-4-13-36)45(30-35)62-34-37-14-5-2-6-15-37/h1-10,12-25,30,46,58H,11,26-29,31-34H2,(H,52,59)/t46-,49-/m1/s1. The molecular weight excluding hydrogens is 797 g/mol. The van der Waals surface area contributed by atoms with Crippen LogP contribution in [-0.2, 0) is 42.1 Å². The molecule has 63 heavy (non-hydrogen) atoms. The molecule has 0 fully saturated rings. The van der Waals surface area contributed by atoms with Gasteiger partial charge in [0.1, 0.15) is 19.0 Å². The Balaban J connectivity index is 1.22. The molecule has 1 amide bonds. The minimum Gasteiger partial charge on any atom is -0.494 e. The molecule has 0 saturated heterocycles. The highest BCUT2D eigenvalue weighted by Gasteiger charge is 2.54. The van der Waals surface area contributed by atoms with Gasteiger partial charge in [0.15, 0.2) is 23.1 Å². The van der Waals surface area contributed by atoms with Gasteiger partial charge >= 0.3 is 0 Å². The fourth-order valence-electron chi connectivity index (χ4n) is 7.28. The molecule has 0 bridgehead atoms. The lowest BCUT2D eigenvalue weighted by Gasteiger charge is -2.32. The number of aliphatic hydroxyl groups excluding tert-OH is 1. The van der Waals surface area contributed by atoms with Gasteiger partial charge in [0, 0.05) is 47.1 Å². The fourth-order valence-corrected chi connectivity index (χ4v) is 7.28. The number of nitrogens with zero attached hydrogens (tertiary/aromatic N) is 7. The van der Waals surface area contributed by atoms with Crippen molar-refractivity contribution in [2.75, 3.05) is 19.8 Å². The van der Waals surface area contributed by atoms with E-state index < -0.39 is 17.6 Å². The molecule has 0 radical (unpaired) electrons. The van der Waals surface area contributed by atoms with Gasteiger partial charge in [0.25, 0.3) is 5.91 Å². The molecule has 0 unspecified atom stereocenters. The summed E-state index contributed by atoms with van der Waals surface area (Å²) in [4.78, 5) is 26.3. The molecule has 6 aromatic rings. The average molecular weight is 843 g/mol. The Bertz CT molecular complexity index is 2600. The quantitative estimate of drug-likeness (QED) is 0.0313. The van der Waals surface area contributed by atoms with Gasteiger partial charge in [-0.15, -0.1) is 0 Å². The second-order valence-corrected chi connectivity index (χ2v) is 14.7. The maximum absolute atomic E-state index is 15.1. The van der Waals surface area contributed by atoms with Crippen molar-refractivity contribution >= 4 is 17.5 Å². The van der Waals surface area contributed by atoms with Gasteiger partial charge in [-0.1, -0.05) is 125 Å². The summed E-state index contributed by atoms with van der Waals surface area (Å²) < 4.78 is 25.1. The van der Waals surface area contributed by atoms with Gasteiger partial charge in [-0.2, -0.15) is 0 Å². The van der Waals surface area contributed by atoms with Crippen LogP contribution >= 0.6 is 0 Å². The highest BCUT2D eigenvalue weighted by molar-refractivity contribution is 6.01. The highest BCUT2D eigenvalue weighted by atomic mass is 16.5. The molecule has 1 heterocycles. The van der Waals surface area contributed by atoms with E-state index in [0.29, 0.717) is 77.9 Å². The molecule has 0 aromatic heterocycles. The summed E-state index contributed by atoms with van der Waals surface area (Å²) in [6.45, 7) is 1.29. The zero-order chi connectivity index (χ0) is 43.7. The number of ether oxygens (including phenoxy) is 4. The van der Waals surface area contributed by atoms with Crippen molar-refractivity contribution in [3.63, 3.8) is 0 Å². The van der Waals surface area contributed by atoms with E-state index >= 15 is 4.79 Å². The van der Waals surface area contributed by atoms with E-state index in [1.54, 1.807) is 42.5 Å². The number of amides is 1. The van der Waals surface area contributed by atoms with Gasteiger partial charge < -0.3 is 29.4 Å². The smallest absolute Gasteiger partial charge is 0.252 e. The number of carbonyl (C=O) groups excluding carboxylic acids is 1. The number of hydrogen-bond donors (Lipinski definition) is 2. The summed E-state index contributed by atoms with van der Waals surface area (Å²) in [5.41, 5.74) is 22.8. The first kappa shape index (κ1) is 43.3. The van der Waals surface area contributed by atoms with Gasteiger partial charge in [-0.25, -0.2) is 4.99 Å². The second-order valence-electron chi connectivity index (χ2n) is 14.7. The van der Waals surface area contributed by atoms with E-state index in [1.165, 1.54) is 0 Å². The first-order chi connectivity index (χ1) is 31.0. The van der Waals surface area contributed by atoms with E-state index in [2.05, 4.69) is 25.4 Å². The monoisotopic (exact) mass is 842 g/mol. The molecular formula is C49H46N8O6. The van der Waals surface area contributed by atoms with Crippen molar-refractivity contribution in [1.29, 1.82) is 0 Å². The third kappa shape index (κ3) is 11.1. The first-order valence-corrected chi connectivity index (χ1v) is 20.6. The van der Waals surface area contributed by atoms with Crippen LogP contribution in [0.4, 0.5) is 5.69 Å². The normalized spacial score (nSPS) is 15.2. The summed E-state index contributed by atoms with van der Waals surface area (Å²) in [5.74, 6) is 1.55. The van der Waals surface area contributed by atoms with Crippen LogP contribution in [0.2, 0.25) is 0 Å². The summed E-state index contributed by atoms with van der Waals surface area (Å²) in [6, 6.07) is 47.1. The van der Waals surface area contributed by atoms with E-state index in [4.69, 9.17) is 23.9 Å². The van der Waals surface area contributed by atoms with E-state index in [1.807, 2.05) is 109 Å². The number of aliphatic hydroxyl groups is 1. The Hall–Kier alpha value is -7.76. The number of hydrogen-bond acceptors (Lipinski definition) is 9. The maximum atomic E-state index is 15.1. The molecule has 0 saturated carbocycles. The average Bonchev–Trinajstić information content (AvgIpc) is 3.71. The van der Waals surface area contributed by atoms with Crippen molar-refractivity contribution in [1.82, 2.24) is 5.32 Å². The van der Waals surface area contributed by atoms with Crippen molar-refractivity contribution < 1.29 is 28.8 Å². The first-order valence-electron chi connectivity index (χ1n) is 20.6. The molecule has 14 nitrogen and oxygen atoms in total. The maximum Gasteiger partial charge on any atom is 0.252 e. The Morgan fingerprint density at radius 2 is 1.41 bits per heavy atom. The molecule has 318 valence electrons. The lowest BCUT2D eigenvalue weighted by molar-refractivity contribution is -0.128. The molecule has 14 heteroatoms. The predicted molar refractivity (Wildman–Crippen MR) is 240 cm³/mol. The molecule has 2 N–H and O–H groups in total. The summed E-state index contributed by atoms with van der Waals surface area (Å²) >= 11 is 0. The SMILES string of the molecule is [N-]=[N+]=NCc1ccccc1[C@H]1OC(c2ccc(OCCCO)cc2)=N[C@@]1(Cc1ccccc1N=[N+]=[N-])C(=O)NCCc1ccc(OCc2ccccc2)c(OCc2ccccc2)c1. The van der Waals surface area contributed by atoms with Crippen LogP contribution in [0.1, 0.15) is 51.5 Å². The third-order valence-corrected chi connectivity index (χ3v) is 10.5. The van der Waals surface area contributed by atoms with Crippen molar-refractivity contribution in [2.24, 2.45) is 15.2 Å². The van der Waals surface area contributed by atoms with Gasteiger partial charge in [-0.3, -0.25) is 4.79 Å². The van der Waals surface area contributed by atoms with E-state index in [-0.39, 0.29) is 32.0 Å². The lowest BCUT2D eigenvalue weighted by Crippen LogP contribution is -2.50. The van der Waals surface area contributed by atoms with Crippen LogP contribution < -0.4 is 19.5 Å². The van der Waals surface area contributed by atoms with Crippen LogP contribution in [0.3, 0.4) is 0 Å². The number of carbonyl (C=O) groups is 1. The van der Waals surface area contributed by atoms with Crippen LogP contribution in [-0.4, -0.2) is 42.2 Å². The number of rotatable bonds is 21. The van der Waals surface area contributed by atoms with Crippen molar-refractivity contribution in [2.45, 2.75) is 50.7 Å². The Morgan fingerprint density at radius 1 is 0.746 bits per heavy atom. The zero-order valence-corrected chi connectivity index (χ0v) is 34.5. The number of aliphatic imine (C=N–C) groups is 1. The fraction of sp³-hybridized carbons (Fsp3) is 0.224. The lowest BCUT2D eigenvalue weighted by atomic mass is 9.80. The number of benzene rings is 6. The van der Waals surface area contributed by atoms with Crippen LogP contribution in [0.15, 0.2) is 167 Å². The Labute approximate surface area is 365 Å². The molecule has 2 atom stereocenters. The molecule has 0 spiro atoms. The second kappa shape index (κ2) is 21.7. The summed E-state index contributed by atoms with van der Waals surface area (Å²) in [7, 11) is 0. The number of azide groups is 2. The van der Waals surface area contributed by atoms with E-state index in [0.717, 1.165) is 16.7 Å². The number of nitrogens with one attached hydrogen (secondary N) is 1. The van der Waals surface area contributed by atoms with Gasteiger partial charge in [-0.05, 0) is 87.3 Å². The van der Waals surface area contributed by atoms with Crippen LogP contribution in [0.5, 0.6) is 17.2 Å². The largest absolute Gasteiger partial charge is 0.494 e.